The number of carboxylic acid groups (broad SMARTS) is 1. The highest BCUT2D eigenvalue weighted by Crippen LogP contribution is 2.10. The Morgan fingerprint density at radius 2 is 1.93 bits per heavy atom. The topological polar surface area (TPSA) is 90.2 Å². The molecular formula is C10H6NO4-. The van der Waals surface area contributed by atoms with E-state index in [0.29, 0.717) is 0 Å². The molecule has 0 amide bonds. The van der Waals surface area contributed by atoms with Crippen molar-refractivity contribution in [2.45, 2.75) is 0 Å². The standard InChI is InChI=1S/C10H7NO4/c1-15-10(14)8-3-6(5-11)2-7(4-8)9(12)13/h2-4H,1H3,(H,12,13)/p-1. The number of aromatic carboxylic acids is 1. The summed E-state index contributed by atoms with van der Waals surface area (Å²) in [5.41, 5.74) is -0.151. The van der Waals surface area contributed by atoms with Crippen LogP contribution in [0.25, 0.3) is 0 Å². The molecule has 1 rings (SSSR count). The van der Waals surface area contributed by atoms with Gasteiger partial charge in [-0.2, -0.15) is 5.26 Å². The zero-order chi connectivity index (χ0) is 11.4. The maximum atomic E-state index is 11.1. The largest absolute Gasteiger partial charge is 0.545 e. The van der Waals surface area contributed by atoms with Crippen LogP contribution in [0.5, 0.6) is 0 Å². The fourth-order valence-electron chi connectivity index (χ4n) is 1.05. The lowest BCUT2D eigenvalue weighted by atomic mass is 10.1. The predicted octanol–water partition coefficient (Wildman–Crippen LogP) is -0.292. The quantitative estimate of drug-likeness (QED) is 0.617. The van der Waals surface area contributed by atoms with Crippen molar-refractivity contribution in [1.29, 1.82) is 5.26 Å². The molecule has 0 aliphatic heterocycles. The Morgan fingerprint density at radius 3 is 2.40 bits per heavy atom. The molecule has 0 bridgehead atoms. The number of rotatable bonds is 2. The first-order valence-electron chi connectivity index (χ1n) is 3.93. The van der Waals surface area contributed by atoms with Crippen LogP contribution in [0.4, 0.5) is 0 Å². The van der Waals surface area contributed by atoms with E-state index in [-0.39, 0.29) is 16.7 Å². The smallest absolute Gasteiger partial charge is 0.337 e. The molecule has 0 aliphatic rings. The molecule has 5 heteroatoms. The van der Waals surface area contributed by atoms with Gasteiger partial charge in [0.1, 0.15) is 0 Å². The van der Waals surface area contributed by atoms with Crippen molar-refractivity contribution in [3.63, 3.8) is 0 Å². The van der Waals surface area contributed by atoms with Crippen molar-refractivity contribution in [2.24, 2.45) is 0 Å². The van der Waals surface area contributed by atoms with E-state index in [9.17, 15) is 14.7 Å². The van der Waals surface area contributed by atoms with Crippen LogP contribution in [0, 0.1) is 11.3 Å². The molecule has 0 unspecified atom stereocenters. The Balaban J connectivity index is 3.31. The molecule has 1 aromatic carbocycles. The summed E-state index contributed by atoms with van der Waals surface area (Å²) in [6.07, 6.45) is 0. The number of esters is 1. The van der Waals surface area contributed by atoms with Crippen molar-refractivity contribution in [1.82, 2.24) is 0 Å². The van der Waals surface area contributed by atoms with Gasteiger partial charge in [-0.15, -0.1) is 0 Å². The zero-order valence-electron chi connectivity index (χ0n) is 7.81. The number of ether oxygens (including phenoxy) is 1. The van der Waals surface area contributed by atoms with Crippen LogP contribution in [0.2, 0.25) is 0 Å². The van der Waals surface area contributed by atoms with Gasteiger partial charge in [-0.05, 0) is 23.8 Å². The maximum Gasteiger partial charge on any atom is 0.337 e. The number of hydrogen-bond acceptors (Lipinski definition) is 5. The van der Waals surface area contributed by atoms with Gasteiger partial charge in [-0.3, -0.25) is 0 Å². The molecule has 0 heterocycles. The van der Waals surface area contributed by atoms with E-state index >= 15 is 0 Å². The highest BCUT2D eigenvalue weighted by Gasteiger charge is 2.08. The summed E-state index contributed by atoms with van der Waals surface area (Å²) in [5, 5.41) is 19.2. The number of hydrogen-bond donors (Lipinski definition) is 0. The maximum absolute atomic E-state index is 11.1. The lowest BCUT2D eigenvalue weighted by molar-refractivity contribution is -0.255. The minimum absolute atomic E-state index is 0.00995. The second-order valence-electron chi connectivity index (χ2n) is 2.69. The Bertz CT molecular complexity index is 459. The van der Waals surface area contributed by atoms with Crippen LogP contribution in [-0.4, -0.2) is 19.0 Å². The molecule has 15 heavy (non-hydrogen) atoms. The molecule has 76 valence electrons. The van der Waals surface area contributed by atoms with Crippen LogP contribution < -0.4 is 5.11 Å². The third-order valence-corrected chi connectivity index (χ3v) is 1.72. The third kappa shape index (κ3) is 2.31. The number of carboxylic acids is 1. The summed E-state index contributed by atoms with van der Waals surface area (Å²) in [5.74, 6) is -2.15. The third-order valence-electron chi connectivity index (χ3n) is 1.72. The van der Waals surface area contributed by atoms with E-state index in [4.69, 9.17) is 5.26 Å². The van der Waals surface area contributed by atoms with Crippen LogP contribution in [0.15, 0.2) is 18.2 Å². The van der Waals surface area contributed by atoms with Gasteiger partial charge in [-0.25, -0.2) is 4.79 Å². The zero-order valence-corrected chi connectivity index (χ0v) is 7.81. The van der Waals surface area contributed by atoms with Crippen LogP contribution >= 0.6 is 0 Å². The fourth-order valence-corrected chi connectivity index (χ4v) is 1.05. The van der Waals surface area contributed by atoms with E-state index in [0.717, 1.165) is 12.1 Å². The van der Waals surface area contributed by atoms with Gasteiger partial charge in [-0.1, -0.05) is 0 Å². The number of carbonyl (C=O) groups is 2. The molecule has 0 atom stereocenters. The minimum atomic E-state index is -1.45. The van der Waals surface area contributed by atoms with Crippen LogP contribution in [0.1, 0.15) is 26.3 Å². The van der Waals surface area contributed by atoms with E-state index in [1.54, 1.807) is 6.07 Å². The summed E-state index contributed by atoms with van der Waals surface area (Å²) < 4.78 is 4.41. The molecule has 1 aromatic rings. The highest BCUT2D eigenvalue weighted by molar-refractivity contribution is 5.94. The summed E-state index contributed by atoms with van der Waals surface area (Å²) >= 11 is 0. The predicted molar refractivity (Wildman–Crippen MR) is 46.8 cm³/mol. The number of carbonyl (C=O) groups excluding carboxylic acids is 2. The molecule has 0 N–H and O–H groups in total. The van der Waals surface area contributed by atoms with Crippen molar-refractivity contribution >= 4 is 11.9 Å². The molecule has 0 radical (unpaired) electrons. The number of nitrogens with zero attached hydrogens (tertiary/aromatic N) is 1. The van der Waals surface area contributed by atoms with Gasteiger partial charge in [0.05, 0.1) is 30.3 Å². The lowest BCUT2D eigenvalue weighted by Gasteiger charge is -2.05. The SMILES string of the molecule is COC(=O)c1cc(C#N)cc(C(=O)[O-])c1. The summed E-state index contributed by atoms with van der Waals surface area (Å²) in [6.45, 7) is 0. The molecule has 5 nitrogen and oxygen atoms in total. The average molecular weight is 204 g/mol. The van der Waals surface area contributed by atoms with Gasteiger partial charge in [0.25, 0.3) is 0 Å². The van der Waals surface area contributed by atoms with E-state index in [1.807, 2.05) is 0 Å². The number of benzene rings is 1. The highest BCUT2D eigenvalue weighted by atomic mass is 16.5. The Kier molecular flexibility index (Phi) is 3.03. The minimum Gasteiger partial charge on any atom is -0.545 e. The first kappa shape index (κ1) is 10.7. The number of methoxy groups -OCH3 is 1. The molecule has 0 saturated heterocycles. The molecule has 0 aliphatic carbocycles. The van der Waals surface area contributed by atoms with E-state index < -0.39 is 11.9 Å². The Hall–Kier alpha value is -2.35. The second kappa shape index (κ2) is 4.24. The van der Waals surface area contributed by atoms with Crippen molar-refractivity contribution in [3.05, 3.63) is 34.9 Å². The second-order valence-corrected chi connectivity index (χ2v) is 2.69. The molecule has 0 aromatic heterocycles. The van der Waals surface area contributed by atoms with Crippen molar-refractivity contribution in [2.75, 3.05) is 7.11 Å². The first-order chi connectivity index (χ1) is 7.08. The van der Waals surface area contributed by atoms with Gasteiger partial charge in [0, 0.05) is 0 Å². The van der Waals surface area contributed by atoms with Gasteiger partial charge in [0.2, 0.25) is 0 Å². The lowest BCUT2D eigenvalue weighted by Crippen LogP contribution is -2.22. The normalized spacial score (nSPS) is 9.07. The van der Waals surface area contributed by atoms with Gasteiger partial charge < -0.3 is 14.6 Å². The molecule has 0 fully saturated rings. The monoisotopic (exact) mass is 204 g/mol. The van der Waals surface area contributed by atoms with Crippen molar-refractivity contribution < 1.29 is 19.4 Å². The summed E-state index contributed by atoms with van der Waals surface area (Å²) in [7, 11) is 1.17. The Labute approximate surface area is 85.5 Å². The van der Waals surface area contributed by atoms with Gasteiger partial charge >= 0.3 is 5.97 Å². The summed E-state index contributed by atoms with van der Waals surface area (Å²) in [4.78, 5) is 21.7. The van der Waals surface area contributed by atoms with Crippen LogP contribution in [0.3, 0.4) is 0 Å². The molecule has 0 saturated carbocycles. The fraction of sp³-hybridized carbons (Fsp3) is 0.100. The van der Waals surface area contributed by atoms with Crippen molar-refractivity contribution in [3.8, 4) is 6.07 Å². The average Bonchev–Trinajstić information content (AvgIpc) is 2.27. The molecule has 0 spiro atoms. The summed E-state index contributed by atoms with van der Waals surface area (Å²) in [6, 6.07) is 5.22. The van der Waals surface area contributed by atoms with Gasteiger partial charge in [0.15, 0.2) is 0 Å². The van der Waals surface area contributed by atoms with E-state index in [1.165, 1.54) is 13.2 Å². The number of nitriles is 1. The van der Waals surface area contributed by atoms with Crippen LogP contribution in [-0.2, 0) is 4.74 Å². The Morgan fingerprint density at radius 1 is 1.33 bits per heavy atom. The molecular weight excluding hydrogens is 198 g/mol. The first-order valence-corrected chi connectivity index (χ1v) is 3.93. The van der Waals surface area contributed by atoms with E-state index in [2.05, 4.69) is 4.74 Å².